The van der Waals surface area contributed by atoms with E-state index in [4.69, 9.17) is 4.74 Å². The van der Waals surface area contributed by atoms with Gasteiger partial charge in [0, 0.05) is 24.2 Å². The molecule has 0 spiro atoms. The Balaban J connectivity index is 1.66. The summed E-state index contributed by atoms with van der Waals surface area (Å²) in [5.74, 6) is 1.87. The number of para-hydroxylation sites is 1. The second-order valence-corrected chi connectivity index (χ2v) is 7.01. The molecule has 1 aromatic heterocycles. The minimum absolute atomic E-state index is 0.213. The zero-order valence-corrected chi connectivity index (χ0v) is 16.1. The number of ether oxygens (including phenoxy) is 1. The number of benzene rings is 1. The molecule has 1 amide bonds. The van der Waals surface area contributed by atoms with Crippen LogP contribution in [0.3, 0.4) is 0 Å². The van der Waals surface area contributed by atoms with Gasteiger partial charge in [0.1, 0.15) is 23.1 Å². The summed E-state index contributed by atoms with van der Waals surface area (Å²) < 4.78 is 5.33. The topological polar surface area (TPSA) is 76.1 Å². The number of hydrogen-bond donors (Lipinski definition) is 2. The summed E-state index contributed by atoms with van der Waals surface area (Å²) in [6.07, 6.45) is 7.40. The third-order valence-electron chi connectivity index (χ3n) is 4.91. The number of carbonyl (C=O) groups excluding carboxylic acids is 1. The highest BCUT2D eigenvalue weighted by molar-refractivity contribution is 5.92. The molecule has 0 bridgehead atoms. The van der Waals surface area contributed by atoms with Crippen LogP contribution < -0.4 is 15.4 Å². The van der Waals surface area contributed by atoms with Crippen LogP contribution in [0.1, 0.15) is 60.4 Å². The van der Waals surface area contributed by atoms with E-state index in [1.54, 1.807) is 13.2 Å². The Morgan fingerprint density at radius 3 is 2.63 bits per heavy atom. The van der Waals surface area contributed by atoms with E-state index in [0.717, 1.165) is 30.0 Å². The SMILES string of the molecule is COc1ccccc1CNC(=O)c1cc(NC2CCCCCC2)nc(C)n1. The number of nitrogens with zero attached hydrogens (tertiary/aromatic N) is 2. The van der Waals surface area contributed by atoms with E-state index in [1.165, 1.54) is 25.7 Å². The first-order chi connectivity index (χ1) is 13.2. The molecule has 2 N–H and O–H groups in total. The average molecular weight is 368 g/mol. The molecule has 6 nitrogen and oxygen atoms in total. The van der Waals surface area contributed by atoms with Gasteiger partial charge in [-0.25, -0.2) is 9.97 Å². The van der Waals surface area contributed by atoms with Gasteiger partial charge in [0.05, 0.1) is 7.11 Å². The van der Waals surface area contributed by atoms with Gasteiger partial charge in [-0.2, -0.15) is 0 Å². The number of amides is 1. The second-order valence-electron chi connectivity index (χ2n) is 7.01. The number of nitrogens with one attached hydrogen (secondary N) is 2. The van der Waals surface area contributed by atoms with Crippen LogP contribution in [0.25, 0.3) is 0 Å². The van der Waals surface area contributed by atoms with Crippen LogP contribution in [0.2, 0.25) is 0 Å². The minimum Gasteiger partial charge on any atom is -0.496 e. The number of methoxy groups -OCH3 is 1. The van der Waals surface area contributed by atoms with E-state index in [0.29, 0.717) is 24.1 Å². The highest BCUT2D eigenvalue weighted by atomic mass is 16.5. The van der Waals surface area contributed by atoms with E-state index in [1.807, 2.05) is 31.2 Å². The Hall–Kier alpha value is -2.63. The summed E-state index contributed by atoms with van der Waals surface area (Å²) >= 11 is 0. The van der Waals surface area contributed by atoms with Crippen molar-refractivity contribution >= 4 is 11.7 Å². The zero-order valence-electron chi connectivity index (χ0n) is 16.1. The van der Waals surface area contributed by atoms with Crippen molar-refractivity contribution < 1.29 is 9.53 Å². The maximum absolute atomic E-state index is 12.6. The van der Waals surface area contributed by atoms with Crippen molar-refractivity contribution in [2.75, 3.05) is 12.4 Å². The summed E-state index contributed by atoms with van der Waals surface area (Å²) in [6.45, 7) is 2.20. The van der Waals surface area contributed by atoms with Crippen molar-refractivity contribution in [1.82, 2.24) is 15.3 Å². The molecule has 1 aliphatic carbocycles. The molecule has 1 aliphatic rings. The average Bonchev–Trinajstić information content (AvgIpc) is 2.94. The lowest BCUT2D eigenvalue weighted by Gasteiger charge is -2.17. The van der Waals surface area contributed by atoms with Gasteiger partial charge >= 0.3 is 0 Å². The van der Waals surface area contributed by atoms with Crippen LogP contribution in [-0.2, 0) is 6.54 Å². The lowest BCUT2D eigenvalue weighted by Crippen LogP contribution is -2.25. The third kappa shape index (κ3) is 5.42. The smallest absolute Gasteiger partial charge is 0.270 e. The van der Waals surface area contributed by atoms with Gasteiger partial charge in [0.15, 0.2) is 0 Å². The molecule has 1 heterocycles. The molecular formula is C21H28N4O2. The summed E-state index contributed by atoms with van der Waals surface area (Å²) in [6, 6.07) is 9.81. The number of anilines is 1. The molecular weight excluding hydrogens is 340 g/mol. The Kier molecular flexibility index (Phi) is 6.63. The van der Waals surface area contributed by atoms with Crippen LogP contribution in [0.15, 0.2) is 30.3 Å². The van der Waals surface area contributed by atoms with Crippen molar-refractivity contribution in [3.8, 4) is 5.75 Å². The second kappa shape index (κ2) is 9.35. The fraction of sp³-hybridized carbons (Fsp3) is 0.476. The number of rotatable bonds is 6. The summed E-state index contributed by atoms with van der Waals surface area (Å²) in [5, 5.41) is 6.42. The van der Waals surface area contributed by atoms with Gasteiger partial charge in [0.2, 0.25) is 0 Å². The fourth-order valence-electron chi connectivity index (χ4n) is 3.51. The van der Waals surface area contributed by atoms with Crippen molar-refractivity contribution in [2.45, 2.75) is 58.0 Å². The van der Waals surface area contributed by atoms with Crippen molar-refractivity contribution in [3.05, 3.63) is 47.4 Å². The van der Waals surface area contributed by atoms with Crippen molar-refractivity contribution in [1.29, 1.82) is 0 Å². The minimum atomic E-state index is -0.213. The quantitative estimate of drug-likeness (QED) is 0.757. The predicted molar refractivity (Wildman–Crippen MR) is 106 cm³/mol. The first kappa shape index (κ1) is 19.1. The molecule has 1 fully saturated rings. The van der Waals surface area contributed by atoms with Crippen LogP contribution in [-0.4, -0.2) is 29.0 Å². The maximum atomic E-state index is 12.6. The highest BCUT2D eigenvalue weighted by Crippen LogP contribution is 2.21. The molecule has 1 aromatic carbocycles. The molecule has 144 valence electrons. The Labute approximate surface area is 160 Å². The molecule has 0 unspecified atom stereocenters. The zero-order chi connectivity index (χ0) is 19.1. The Morgan fingerprint density at radius 1 is 1.15 bits per heavy atom. The van der Waals surface area contributed by atoms with Crippen LogP contribution >= 0.6 is 0 Å². The molecule has 0 aliphatic heterocycles. The Morgan fingerprint density at radius 2 is 1.89 bits per heavy atom. The Bertz CT molecular complexity index is 771. The third-order valence-corrected chi connectivity index (χ3v) is 4.91. The number of aryl methyl sites for hydroxylation is 1. The van der Waals surface area contributed by atoms with Gasteiger partial charge < -0.3 is 15.4 Å². The lowest BCUT2D eigenvalue weighted by molar-refractivity contribution is 0.0945. The van der Waals surface area contributed by atoms with Crippen molar-refractivity contribution in [2.24, 2.45) is 0 Å². The first-order valence-electron chi connectivity index (χ1n) is 9.68. The van der Waals surface area contributed by atoms with E-state index >= 15 is 0 Å². The van der Waals surface area contributed by atoms with Gasteiger partial charge in [-0.3, -0.25) is 4.79 Å². The number of carbonyl (C=O) groups is 1. The molecule has 1 saturated carbocycles. The molecule has 3 rings (SSSR count). The predicted octanol–water partition coefficient (Wildman–Crippen LogP) is 3.86. The lowest BCUT2D eigenvalue weighted by atomic mass is 10.1. The van der Waals surface area contributed by atoms with Gasteiger partial charge in [-0.15, -0.1) is 0 Å². The van der Waals surface area contributed by atoms with Crippen molar-refractivity contribution in [3.63, 3.8) is 0 Å². The van der Waals surface area contributed by atoms with E-state index in [-0.39, 0.29) is 5.91 Å². The highest BCUT2D eigenvalue weighted by Gasteiger charge is 2.15. The molecule has 0 radical (unpaired) electrons. The fourth-order valence-corrected chi connectivity index (χ4v) is 3.51. The number of aromatic nitrogens is 2. The van der Waals surface area contributed by atoms with E-state index in [2.05, 4.69) is 20.6 Å². The largest absolute Gasteiger partial charge is 0.496 e. The van der Waals surface area contributed by atoms with Crippen LogP contribution in [0, 0.1) is 6.92 Å². The first-order valence-corrected chi connectivity index (χ1v) is 9.68. The van der Waals surface area contributed by atoms with Gasteiger partial charge in [0.25, 0.3) is 5.91 Å². The monoisotopic (exact) mass is 368 g/mol. The molecule has 0 saturated heterocycles. The number of hydrogen-bond acceptors (Lipinski definition) is 5. The van der Waals surface area contributed by atoms with Crippen LogP contribution in [0.5, 0.6) is 5.75 Å². The maximum Gasteiger partial charge on any atom is 0.270 e. The summed E-state index contributed by atoms with van der Waals surface area (Å²) in [4.78, 5) is 21.4. The van der Waals surface area contributed by atoms with Gasteiger partial charge in [-0.1, -0.05) is 43.9 Å². The van der Waals surface area contributed by atoms with Crippen LogP contribution in [0.4, 0.5) is 5.82 Å². The molecule has 27 heavy (non-hydrogen) atoms. The summed E-state index contributed by atoms with van der Waals surface area (Å²) in [7, 11) is 1.62. The van der Waals surface area contributed by atoms with E-state index < -0.39 is 0 Å². The van der Waals surface area contributed by atoms with Gasteiger partial charge in [-0.05, 0) is 25.8 Å². The molecule has 2 aromatic rings. The molecule has 0 atom stereocenters. The van der Waals surface area contributed by atoms with E-state index in [9.17, 15) is 4.79 Å². The normalized spacial score (nSPS) is 15.0. The standard InChI is InChI=1S/C21H28N4O2/c1-15-23-18(13-20(24-15)25-17-10-5-3-4-6-11-17)21(26)22-14-16-9-7-8-12-19(16)27-2/h7-9,12-13,17H,3-6,10-11,14H2,1-2H3,(H,22,26)(H,23,24,25). The molecule has 6 heteroatoms. The summed E-state index contributed by atoms with van der Waals surface area (Å²) in [5.41, 5.74) is 1.31.